The molecule has 0 saturated carbocycles. The molecule has 7 nitrogen and oxygen atoms in total. The van der Waals surface area contributed by atoms with E-state index in [1.807, 2.05) is 66.5 Å². The number of nitrogens with zero attached hydrogens (tertiary/aromatic N) is 2. The van der Waals surface area contributed by atoms with E-state index in [2.05, 4.69) is 10.2 Å². The summed E-state index contributed by atoms with van der Waals surface area (Å²) in [6.45, 7) is 2.62. The number of likely N-dealkylation sites (N-methyl/N-ethyl adjacent to an activating group) is 1. The minimum atomic E-state index is -3.05. The largest absolute Gasteiger partial charge is 0.392 e. The third-order valence-corrected chi connectivity index (χ3v) is 6.52. The molecule has 0 spiro atoms. The Bertz CT molecular complexity index is 987. The van der Waals surface area contributed by atoms with Crippen LogP contribution in [0, 0.1) is 0 Å². The van der Waals surface area contributed by atoms with E-state index in [-0.39, 0.29) is 36.3 Å². The minimum absolute atomic E-state index is 0. The van der Waals surface area contributed by atoms with Gasteiger partial charge in [-0.3, -0.25) is 15.0 Å². The van der Waals surface area contributed by atoms with Gasteiger partial charge >= 0.3 is 0 Å². The van der Waals surface area contributed by atoms with Gasteiger partial charge in [-0.2, -0.15) is 0 Å². The number of aliphatic hydroxyl groups excluding tert-OH is 1. The number of benzene rings is 2. The Balaban J connectivity index is 0.00000385. The molecule has 1 amide bonds. The molecule has 2 aromatic carbocycles. The standard InChI is InChI=1S/C24H33N3O4S.ClH/c1-26(23(21-6-4-3-5-7-21)17-27-13-12-22(28)16-27)24(29)14-19-8-10-20(11-9-19)15-25-18-32(2,30)31;/h3-11,22-23,25,28H,12-18H2,1-2H3;1H/t22-,23+;/m0./s1. The molecule has 1 fully saturated rings. The van der Waals surface area contributed by atoms with Crippen LogP contribution in [0.1, 0.15) is 29.2 Å². The normalized spacial score (nSPS) is 17.4. The van der Waals surface area contributed by atoms with Gasteiger partial charge in [0.2, 0.25) is 5.91 Å². The zero-order chi connectivity index (χ0) is 23.1. The third kappa shape index (κ3) is 8.72. The second-order valence-corrected chi connectivity index (χ2v) is 10.8. The van der Waals surface area contributed by atoms with Crippen molar-refractivity contribution in [2.75, 3.05) is 38.8 Å². The van der Waals surface area contributed by atoms with Gasteiger partial charge in [0.15, 0.2) is 9.84 Å². The van der Waals surface area contributed by atoms with E-state index in [4.69, 9.17) is 0 Å². The number of halogens is 1. The second-order valence-electron chi connectivity index (χ2n) is 8.62. The average Bonchev–Trinajstić information content (AvgIpc) is 3.17. The van der Waals surface area contributed by atoms with Crippen LogP contribution in [0.25, 0.3) is 0 Å². The van der Waals surface area contributed by atoms with E-state index >= 15 is 0 Å². The predicted molar refractivity (Wildman–Crippen MR) is 133 cm³/mol. The summed E-state index contributed by atoms with van der Waals surface area (Å²) < 4.78 is 22.4. The molecule has 1 heterocycles. The molecular weight excluding hydrogens is 462 g/mol. The molecule has 3 rings (SSSR count). The van der Waals surface area contributed by atoms with Crippen molar-refractivity contribution in [3.8, 4) is 0 Å². The molecule has 0 aliphatic carbocycles. The van der Waals surface area contributed by atoms with E-state index in [1.54, 1.807) is 0 Å². The Kier molecular flexibility index (Phi) is 10.3. The van der Waals surface area contributed by atoms with E-state index in [9.17, 15) is 18.3 Å². The van der Waals surface area contributed by atoms with E-state index in [0.29, 0.717) is 26.1 Å². The van der Waals surface area contributed by atoms with Crippen LogP contribution < -0.4 is 5.32 Å². The summed E-state index contributed by atoms with van der Waals surface area (Å²) in [5.41, 5.74) is 2.96. The van der Waals surface area contributed by atoms with Crippen LogP contribution >= 0.6 is 12.4 Å². The number of carbonyl (C=O) groups excluding carboxylic acids is 1. The van der Waals surface area contributed by atoms with Crippen molar-refractivity contribution >= 4 is 28.2 Å². The lowest BCUT2D eigenvalue weighted by atomic mass is 10.0. The maximum atomic E-state index is 13.1. The molecule has 1 aliphatic heterocycles. The van der Waals surface area contributed by atoms with Gasteiger partial charge in [0.05, 0.1) is 24.4 Å². The molecule has 33 heavy (non-hydrogen) atoms. The van der Waals surface area contributed by atoms with Crippen molar-refractivity contribution in [2.24, 2.45) is 0 Å². The number of nitrogens with one attached hydrogen (secondary N) is 1. The molecule has 182 valence electrons. The number of hydrogen-bond donors (Lipinski definition) is 2. The van der Waals surface area contributed by atoms with Crippen LogP contribution in [-0.4, -0.2) is 74.1 Å². The van der Waals surface area contributed by atoms with Gasteiger partial charge in [-0.05, 0) is 23.1 Å². The van der Waals surface area contributed by atoms with Crippen molar-refractivity contribution in [2.45, 2.75) is 31.5 Å². The first-order chi connectivity index (χ1) is 15.2. The predicted octanol–water partition coefficient (Wildman–Crippen LogP) is 2.01. The molecule has 1 saturated heterocycles. The molecule has 2 N–H and O–H groups in total. The zero-order valence-corrected chi connectivity index (χ0v) is 20.8. The molecule has 0 bridgehead atoms. The maximum Gasteiger partial charge on any atom is 0.227 e. The lowest BCUT2D eigenvalue weighted by Crippen LogP contribution is -2.39. The summed E-state index contributed by atoms with van der Waals surface area (Å²) in [6.07, 6.45) is 1.96. The Labute approximate surface area is 203 Å². The highest BCUT2D eigenvalue weighted by Gasteiger charge is 2.28. The van der Waals surface area contributed by atoms with Crippen molar-refractivity contribution in [1.29, 1.82) is 0 Å². The van der Waals surface area contributed by atoms with Crippen LogP contribution in [0.2, 0.25) is 0 Å². The van der Waals surface area contributed by atoms with Crippen molar-refractivity contribution < 1.29 is 18.3 Å². The highest BCUT2D eigenvalue weighted by molar-refractivity contribution is 7.90. The second kappa shape index (κ2) is 12.5. The number of carbonyl (C=O) groups is 1. The number of sulfone groups is 1. The first kappa shape index (κ1) is 27.3. The quantitative estimate of drug-likeness (QED) is 0.524. The highest BCUT2D eigenvalue weighted by Crippen LogP contribution is 2.24. The number of β-amino-alcohol motifs (C(OH)–C–C–N with tert-alkyl or cyclic N) is 1. The highest BCUT2D eigenvalue weighted by atomic mass is 35.5. The molecule has 2 atom stereocenters. The summed E-state index contributed by atoms with van der Waals surface area (Å²) in [4.78, 5) is 17.1. The van der Waals surface area contributed by atoms with Gasteiger partial charge < -0.3 is 10.0 Å². The lowest BCUT2D eigenvalue weighted by molar-refractivity contribution is -0.131. The van der Waals surface area contributed by atoms with Gasteiger partial charge in [-0.15, -0.1) is 12.4 Å². The number of likely N-dealkylation sites (tertiary alicyclic amines) is 1. The number of rotatable bonds is 10. The number of amides is 1. The molecule has 0 aromatic heterocycles. The lowest BCUT2D eigenvalue weighted by Gasteiger charge is -2.32. The van der Waals surface area contributed by atoms with Gasteiger partial charge in [-0.25, -0.2) is 8.42 Å². The molecule has 9 heteroatoms. The molecule has 0 unspecified atom stereocenters. The zero-order valence-electron chi connectivity index (χ0n) is 19.2. The van der Waals surface area contributed by atoms with Crippen LogP contribution in [0.4, 0.5) is 0 Å². The fourth-order valence-corrected chi connectivity index (χ4v) is 4.45. The minimum Gasteiger partial charge on any atom is -0.392 e. The first-order valence-electron chi connectivity index (χ1n) is 10.9. The number of aliphatic hydroxyl groups is 1. The smallest absolute Gasteiger partial charge is 0.227 e. The Morgan fingerprint density at radius 1 is 1.15 bits per heavy atom. The first-order valence-corrected chi connectivity index (χ1v) is 12.9. The van der Waals surface area contributed by atoms with Gasteiger partial charge in [0.25, 0.3) is 0 Å². The molecule has 0 radical (unpaired) electrons. The Morgan fingerprint density at radius 2 is 1.79 bits per heavy atom. The van der Waals surface area contributed by atoms with Gasteiger partial charge in [-0.1, -0.05) is 54.6 Å². The van der Waals surface area contributed by atoms with Crippen LogP contribution in [-0.2, 0) is 27.6 Å². The summed E-state index contributed by atoms with van der Waals surface area (Å²) in [6, 6.07) is 17.6. The van der Waals surface area contributed by atoms with E-state index < -0.39 is 9.84 Å². The van der Waals surface area contributed by atoms with Crippen LogP contribution in [0.5, 0.6) is 0 Å². The summed E-state index contributed by atoms with van der Waals surface area (Å²) in [7, 11) is -1.21. The monoisotopic (exact) mass is 495 g/mol. The van der Waals surface area contributed by atoms with Crippen LogP contribution in [0.3, 0.4) is 0 Å². The third-order valence-electron chi connectivity index (χ3n) is 5.80. The summed E-state index contributed by atoms with van der Waals surface area (Å²) in [5.74, 6) is -0.0333. The Morgan fingerprint density at radius 3 is 2.36 bits per heavy atom. The summed E-state index contributed by atoms with van der Waals surface area (Å²) >= 11 is 0. The topological polar surface area (TPSA) is 90.0 Å². The molecule has 1 aliphatic rings. The van der Waals surface area contributed by atoms with Crippen molar-refractivity contribution in [3.63, 3.8) is 0 Å². The average molecular weight is 496 g/mol. The summed E-state index contributed by atoms with van der Waals surface area (Å²) in [5, 5.41) is 12.8. The SMILES string of the molecule is CN(C(=O)Cc1ccc(CNCS(C)(=O)=O)cc1)[C@H](CN1CC[C@H](O)C1)c1ccccc1.Cl. The van der Waals surface area contributed by atoms with Gasteiger partial charge in [0.1, 0.15) is 0 Å². The molecular formula is C24H34ClN3O4S. The van der Waals surface area contributed by atoms with Crippen molar-refractivity contribution in [3.05, 3.63) is 71.3 Å². The van der Waals surface area contributed by atoms with Gasteiger partial charge in [0, 0.05) is 39.5 Å². The van der Waals surface area contributed by atoms with E-state index in [0.717, 1.165) is 29.7 Å². The van der Waals surface area contributed by atoms with E-state index in [1.165, 1.54) is 6.26 Å². The van der Waals surface area contributed by atoms with Crippen molar-refractivity contribution in [1.82, 2.24) is 15.1 Å². The fraction of sp³-hybridized carbons (Fsp3) is 0.458. The number of hydrogen-bond acceptors (Lipinski definition) is 6. The van der Waals surface area contributed by atoms with Crippen LogP contribution in [0.15, 0.2) is 54.6 Å². The maximum absolute atomic E-state index is 13.1. The molecule has 2 aromatic rings. The Hall–Kier alpha value is -1.97. The fourth-order valence-electron chi connectivity index (χ4n) is 3.98.